The first-order valence-corrected chi connectivity index (χ1v) is 6.57. The molecular formula is C15H18N2O. The van der Waals surface area contributed by atoms with Crippen molar-refractivity contribution in [1.82, 2.24) is 9.88 Å². The van der Waals surface area contributed by atoms with E-state index in [-0.39, 0.29) is 0 Å². The van der Waals surface area contributed by atoms with Gasteiger partial charge in [-0.1, -0.05) is 6.08 Å². The molecular weight excluding hydrogens is 224 g/mol. The first-order chi connectivity index (χ1) is 8.93. The minimum atomic E-state index is 0.843. The molecule has 2 aliphatic rings. The Morgan fingerprint density at radius 1 is 1.11 bits per heavy atom. The van der Waals surface area contributed by atoms with E-state index in [0.29, 0.717) is 0 Å². The Morgan fingerprint density at radius 2 is 1.89 bits per heavy atom. The average molecular weight is 242 g/mol. The first-order valence-electron chi connectivity index (χ1n) is 6.57. The molecule has 2 heterocycles. The summed E-state index contributed by atoms with van der Waals surface area (Å²) in [5.41, 5.74) is 4.07. The Balaban J connectivity index is 1.80. The number of allylic oxidation sites excluding steroid dienone is 3. The molecule has 3 heteroatoms. The lowest BCUT2D eigenvalue weighted by molar-refractivity contribution is 0.0552. The summed E-state index contributed by atoms with van der Waals surface area (Å²) in [6.07, 6.45) is 10.6. The average Bonchev–Trinajstić information content (AvgIpc) is 2.49. The van der Waals surface area contributed by atoms with Gasteiger partial charge >= 0.3 is 0 Å². The highest BCUT2D eigenvalue weighted by atomic mass is 16.5. The van der Waals surface area contributed by atoms with Crippen LogP contribution in [0.15, 0.2) is 42.4 Å². The third kappa shape index (κ3) is 2.46. The first kappa shape index (κ1) is 11.5. The van der Waals surface area contributed by atoms with Gasteiger partial charge in [0.15, 0.2) is 0 Å². The van der Waals surface area contributed by atoms with Gasteiger partial charge < -0.3 is 9.64 Å². The molecule has 0 bridgehead atoms. The summed E-state index contributed by atoms with van der Waals surface area (Å²) in [5, 5.41) is 0. The number of ether oxygens (including phenoxy) is 1. The smallest absolute Gasteiger partial charge is 0.0642 e. The van der Waals surface area contributed by atoms with Crippen molar-refractivity contribution in [2.24, 2.45) is 0 Å². The van der Waals surface area contributed by atoms with Crippen molar-refractivity contribution < 1.29 is 4.74 Å². The lowest BCUT2D eigenvalue weighted by Crippen LogP contribution is -2.35. The standard InChI is InChI=1S/C15H18N2O/c1-2-14(13-4-6-16-7-5-13)12-15(3-1)17-8-10-18-11-9-17/h3-7,12H,1-2,8-11H2. The van der Waals surface area contributed by atoms with Crippen LogP contribution in [0.5, 0.6) is 0 Å². The van der Waals surface area contributed by atoms with Crippen molar-refractivity contribution in [3.8, 4) is 0 Å². The normalized spacial score (nSPS) is 20.3. The van der Waals surface area contributed by atoms with Crippen LogP contribution < -0.4 is 0 Å². The summed E-state index contributed by atoms with van der Waals surface area (Å²) in [7, 11) is 0. The van der Waals surface area contributed by atoms with Crippen LogP contribution in [0, 0.1) is 0 Å². The van der Waals surface area contributed by atoms with Crippen LogP contribution in [-0.2, 0) is 4.74 Å². The van der Waals surface area contributed by atoms with Crippen LogP contribution in [0.3, 0.4) is 0 Å². The van der Waals surface area contributed by atoms with Gasteiger partial charge in [0.2, 0.25) is 0 Å². The number of aromatic nitrogens is 1. The monoisotopic (exact) mass is 242 g/mol. The molecule has 0 atom stereocenters. The number of morpholine rings is 1. The van der Waals surface area contributed by atoms with Crippen LogP contribution in [-0.4, -0.2) is 36.2 Å². The Bertz CT molecular complexity index is 459. The van der Waals surface area contributed by atoms with Gasteiger partial charge in [-0.3, -0.25) is 4.98 Å². The highest BCUT2D eigenvalue weighted by Gasteiger charge is 2.15. The number of pyridine rings is 1. The number of rotatable bonds is 2. The number of nitrogens with zero attached hydrogens (tertiary/aromatic N) is 2. The maximum atomic E-state index is 5.40. The van der Waals surface area contributed by atoms with Gasteiger partial charge in [0.05, 0.1) is 13.2 Å². The molecule has 0 unspecified atom stereocenters. The van der Waals surface area contributed by atoms with Crippen molar-refractivity contribution in [2.45, 2.75) is 12.8 Å². The molecule has 0 amide bonds. The van der Waals surface area contributed by atoms with E-state index in [2.05, 4.69) is 34.2 Å². The predicted octanol–water partition coefficient (Wildman–Crippen LogP) is 2.47. The predicted molar refractivity (Wildman–Crippen MR) is 71.9 cm³/mol. The number of hydrogen-bond donors (Lipinski definition) is 0. The van der Waals surface area contributed by atoms with E-state index in [4.69, 9.17) is 4.74 Å². The van der Waals surface area contributed by atoms with Gasteiger partial charge in [0, 0.05) is 31.2 Å². The zero-order valence-electron chi connectivity index (χ0n) is 10.5. The lowest BCUT2D eigenvalue weighted by atomic mass is 9.96. The van der Waals surface area contributed by atoms with Gasteiger partial charge in [-0.05, 0) is 42.2 Å². The highest BCUT2D eigenvalue weighted by molar-refractivity contribution is 5.69. The van der Waals surface area contributed by atoms with Crippen LogP contribution in [0.25, 0.3) is 5.57 Å². The Morgan fingerprint density at radius 3 is 2.67 bits per heavy atom. The quantitative estimate of drug-likeness (QED) is 0.796. The largest absolute Gasteiger partial charge is 0.378 e. The molecule has 1 fully saturated rings. The summed E-state index contributed by atoms with van der Waals surface area (Å²) in [6.45, 7) is 3.70. The van der Waals surface area contributed by atoms with Gasteiger partial charge in [-0.25, -0.2) is 0 Å². The summed E-state index contributed by atoms with van der Waals surface area (Å²) >= 11 is 0. The lowest BCUT2D eigenvalue weighted by Gasteiger charge is -2.31. The molecule has 1 aromatic rings. The highest BCUT2D eigenvalue weighted by Crippen LogP contribution is 2.27. The van der Waals surface area contributed by atoms with Gasteiger partial charge in [0.1, 0.15) is 0 Å². The SMILES string of the molecule is C1=C(c2ccncc2)CCC=C1N1CCOCC1. The molecule has 0 spiro atoms. The molecule has 94 valence electrons. The van der Waals surface area contributed by atoms with Gasteiger partial charge in [0.25, 0.3) is 0 Å². The van der Waals surface area contributed by atoms with E-state index in [9.17, 15) is 0 Å². The topological polar surface area (TPSA) is 25.4 Å². The van der Waals surface area contributed by atoms with E-state index < -0.39 is 0 Å². The van der Waals surface area contributed by atoms with Crippen LogP contribution in [0.1, 0.15) is 18.4 Å². The minimum absolute atomic E-state index is 0.843. The fraction of sp³-hybridized carbons (Fsp3) is 0.400. The summed E-state index contributed by atoms with van der Waals surface area (Å²) < 4.78 is 5.40. The van der Waals surface area contributed by atoms with Crippen LogP contribution in [0.4, 0.5) is 0 Å². The zero-order valence-corrected chi connectivity index (χ0v) is 10.5. The fourth-order valence-electron chi connectivity index (χ4n) is 2.52. The van der Waals surface area contributed by atoms with E-state index in [1.54, 1.807) is 0 Å². The molecule has 1 aliphatic carbocycles. The third-order valence-corrected chi connectivity index (χ3v) is 3.52. The van der Waals surface area contributed by atoms with Crippen molar-refractivity contribution in [1.29, 1.82) is 0 Å². The maximum Gasteiger partial charge on any atom is 0.0642 e. The van der Waals surface area contributed by atoms with Crippen LogP contribution >= 0.6 is 0 Å². The van der Waals surface area contributed by atoms with Crippen LogP contribution in [0.2, 0.25) is 0 Å². The molecule has 1 aromatic heterocycles. The second-order valence-corrected chi connectivity index (χ2v) is 4.67. The molecule has 0 saturated carbocycles. The summed E-state index contributed by atoms with van der Waals surface area (Å²) in [4.78, 5) is 6.50. The minimum Gasteiger partial charge on any atom is -0.378 e. The fourth-order valence-corrected chi connectivity index (χ4v) is 2.52. The zero-order chi connectivity index (χ0) is 12.2. The maximum absolute atomic E-state index is 5.40. The molecule has 1 saturated heterocycles. The van der Waals surface area contributed by atoms with Crippen molar-refractivity contribution >= 4 is 5.57 Å². The van der Waals surface area contributed by atoms with Crippen molar-refractivity contribution in [3.05, 3.63) is 47.9 Å². The Kier molecular flexibility index (Phi) is 3.42. The molecule has 18 heavy (non-hydrogen) atoms. The van der Waals surface area contributed by atoms with Crippen molar-refractivity contribution in [3.63, 3.8) is 0 Å². The van der Waals surface area contributed by atoms with Gasteiger partial charge in [-0.2, -0.15) is 0 Å². The second-order valence-electron chi connectivity index (χ2n) is 4.67. The van der Waals surface area contributed by atoms with E-state index in [1.807, 2.05) is 12.4 Å². The van der Waals surface area contributed by atoms with Crippen molar-refractivity contribution in [2.75, 3.05) is 26.3 Å². The summed E-state index contributed by atoms with van der Waals surface area (Å²) in [5.74, 6) is 0. The molecule has 3 rings (SSSR count). The number of hydrogen-bond acceptors (Lipinski definition) is 3. The van der Waals surface area contributed by atoms with E-state index in [1.165, 1.54) is 16.8 Å². The van der Waals surface area contributed by atoms with E-state index in [0.717, 1.165) is 39.1 Å². The Hall–Kier alpha value is -1.61. The Labute approximate surface area is 108 Å². The molecule has 3 nitrogen and oxygen atoms in total. The van der Waals surface area contributed by atoms with Gasteiger partial charge in [-0.15, -0.1) is 0 Å². The summed E-state index contributed by atoms with van der Waals surface area (Å²) in [6, 6.07) is 4.18. The molecule has 0 aromatic carbocycles. The molecule has 0 N–H and O–H groups in total. The molecule has 0 radical (unpaired) electrons. The second kappa shape index (κ2) is 5.36. The molecule has 1 aliphatic heterocycles. The van der Waals surface area contributed by atoms with E-state index >= 15 is 0 Å². The third-order valence-electron chi connectivity index (χ3n) is 3.52.